The normalized spacial score (nSPS) is 22.3. The summed E-state index contributed by atoms with van der Waals surface area (Å²) in [5.41, 5.74) is 3.66. The van der Waals surface area contributed by atoms with Crippen LogP contribution in [0.1, 0.15) is 33.3 Å². The molecule has 6 nitrogen and oxygen atoms in total. The number of rotatable bonds is 7. The number of amides is 2. The van der Waals surface area contributed by atoms with Crippen LogP contribution in [-0.2, 0) is 16.0 Å². The second-order valence-electron chi connectivity index (χ2n) is 8.35. The van der Waals surface area contributed by atoms with Crippen LogP contribution in [0.25, 0.3) is 0 Å². The second-order valence-corrected chi connectivity index (χ2v) is 8.35. The number of allylic oxidation sites excluding steroid dienone is 1. The summed E-state index contributed by atoms with van der Waals surface area (Å²) in [6, 6.07) is 4.38. The van der Waals surface area contributed by atoms with Crippen molar-refractivity contribution in [1.82, 2.24) is 15.5 Å². The van der Waals surface area contributed by atoms with Gasteiger partial charge in [-0.25, -0.2) is 4.39 Å². The summed E-state index contributed by atoms with van der Waals surface area (Å²) in [5, 5.41) is 9.27. The van der Waals surface area contributed by atoms with E-state index in [1.54, 1.807) is 12.1 Å². The van der Waals surface area contributed by atoms with Gasteiger partial charge in [0.2, 0.25) is 5.91 Å². The number of anilines is 1. The number of fused-ring (bicyclic) bond motifs is 1. The Hall–Kier alpha value is -2.67. The molecule has 7 heteroatoms. The average Bonchev–Trinajstić information content (AvgIpc) is 2.74. The second kappa shape index (κ2) is 10.1. The summed E-state index contributed by atoms with van der Waals surface area (Å²) in [7, 11) is 0. The van der Waals surface area contributed by atoms with Crippen LogP contribution in [0.4, 0.5) is 10.1 Å². The molecule has 0 saturated heterocycles. The highest BCUT2D eigenvalue weighted by Gasteiger charge is 2.32. The van der Waals surface area contributed by atoms with Crippen LogP contribution in [0.3, 0.4) is 0 Å². The molecular weight excluding hydrogens is 395 g/mol. The molecule has 0 spiro atoms. The Morgan fingerprint density at radius 2 is 2.06 bits per heavy atom. The molecule has 0 bridgehead atoms. The van der Waals surface area contributed by atoms with Crippen LogP contribution >= 0.6 is 0 Å². The Labute approximate surface area is 184 Å². The lowest BCUT2D eigenvalue weighted by Crippen LogP contribution is -2.44. The van der Waals surface area contributed by atoms with Crippen LogP contribution < -0.4 is 16.0 Å². The molecule has 2 amide bonds. The number of nitrogens with one attached hydrogen (secondary N) is 3. The Morgan fingerprint density at radius 3 is 2.77 bits per heavy atom. The lowest BCUT2D eigenvalue weighted by atomic mass is 9.82. The van der Waals surface area contributed by atoms with Crippen molar-refractivity contribution in [3.05, 3.63) is 52.5 Å². The minimum Gasteiger partial charge on any atom is -0.385 e. The van der Waals surface area contributed by atoms with E-state index in [4.69, 9.17) is 0 Å². The number of hydrogen-bond donors (Lipinski definition) is 3. The fraction of sp³-hybridized carbons (Fsp3) is 0.500. The molecule has 0 radical (unpaired) electrons. The zero-order valence-electron chi connectivity index (χ0n) is 18.8. The third kappa shape index (κ3) is 5.34. The summed E-state index contributed by atoms with van der Waals surface area (Å²) in [4.78, 5) is 27.8. The molecule has 2 atom stereocenters. The van der Waals surface area contributed by atoms with E-state index < -0.39 is 0 Å². The van der Waals surface area contributed by atoms with E-state index in [9.17, 15) is 14.0 Å². The van der Waals surface area contributed by atoms with Gasteiger partial charge >= 0.3 is 0 Å². The smallest absolute Gasteiger partial charge is 0.252 e. The van der Waals surface area contributed by atoms with Crippen molar-refractivity contribution in [2.24, 2.45) is 11.8 Å². The molecule has 2 unspecified atom stereocenters. The first kappa shape index (κ1) is 23.0. The van der Waals surface area contributed by atoms with Gasteiger partial charge in [-0.15, -0.1) is 0 Å². The molecule has 1 aromatic carbocycles. The van der Waals surface area contributed by atoms with Crippen molar-refractivity contribution in [3.8, 4) is 0 Å². The zero-order chi connectivity index (χ0) is 22.5. The molecule has 0 fully saturated rings. The van der Waals surface area contributed by atoms with Gasteiger partial charge < -0.3 is 20.9 Å². The van der Waals surface area contributed by atoms with Crippen molar-refractivity contribution in [3.63, 3.8) is 0 Å². The molecular formula is C24H33FN4O2. The van der Waals surface area contributed by atoms with Gasteiger partial charge in [0, 0.05) is 43.0 Å². The molecule has 0 aromatic heterocycles. The third-order valence-electron chi connectivity index (χ3n) is 6.29. The lowest BCUT2D eigenvalue weighted by molar-refractivity contribution is -0.125. The van der Waals surface area contributed by atoms with Gasteiger partial charge in [0.05, 0.1) is 5.92 Å². The first-order valence-electron chi connectivity index (χ1n) is 11.1. The van der Waals surface area contributed by atoms with E-state index in [1.165, 1.54) is 12.1 Å². The van der Waals surface area contributed by atoms with Gasteiger partial charge in [0.15, 0.2) is 0 Å². The van der Waals surface area contributed by atoms with Crippen molar-refractivity contribution in [2.75, 3.05) is 38.0 Å². The molecule has 0 saturated carbocycles. The van der Waals surface area contributed by atoms with E-state index in [0.717, 1.165) is 36.5 Å². The van der Waals surface area contributed by atoms with Crippen molar-refractivity contribution < 1.29 is 14.0 Å². The lowest BCUT2D eigenvalue weighted by Gasteiger charge is -2.32. The predicted molar refractivity (Wildman–Crippen MR) is 121 cm³/mol. The fourth-order valence-electron chi connectivity index (χ4n) is 4.34. The van der Waals surface area contributed by atoms with Gasteiger partial charge in [0.1, 0.15) is 5.82 Å². The summed E-state index contributed by atoms with van der Waals surface area (Å²) in [6.07, 6.45) is 2.16. The first-order chi connectivity index (χ1) is 14.8. The minimum absolute atomic E-state index is 0.0232. The maximum Gasteiger partial charge on any atom is 0.252 e. The van der Waals surface area contributed by atoms with Crippen molar-refractivity contribution in [1.29, 1.82) is 0 Å². The van der Waals surface area contributed by atoms with E-state index in [-0.39, 0.29) is 29.5 Å². The Balaban J connectivity index is 1.77. The van der Waals surface area contributed by atoms with Gasteiger partial charge in [-0.1, -0.05) is 20.8 Å². The standard InChI is InChI=1S/C24H33FN4O2/c1-5-29(6-2)10-9-26-24(31)22-15(3)14-27-21(16(22)4)13-18-11-17-12-19(25)7-8-20(17)28-23(18)30/h7-8,12-13,15,22,27H,5-6,9-11,14H2,1-4H3,(H,26,31)(H,28,30)/b18-13-. The Bertz CT molecular complexity index is 905. The monoisotopic (exact) mass is 428 g/mol. The highest BCUT2D eigenvalue weighted by Crippen LogP contribution is 2.30. The van der Waals surface area contributed by atoms with Crippen LogP contribution in [-0.4, -0.2) is 49.4 Å². The Kier molecular flexibility index (Phi) is 7.49. The van der Waals surface area contributed by atoms with Crippen molar-refractivity contribution in [2.45, 2.75) is 34.1 Å². The molecule has 1 aromatic rings. The van der Waals surface area contributed by atoms with E-state index >= 15 is 0 Å². The third-order valence-corrected chi connectivity index (χ3v) is 6.29. The van der Waals surface area contributed by atoms with Crippen LogP contribution in [0.5, 0.6) is 0 Å². The number of benzene rings is 1. The van der Waals surface area contributed by atoms with Gasteiger partial charge in [0.25, 0.3) is 5.91 Å². The van der Waals surface area contributed by atoms with Crippen LogP contribution in [0.2, 0.25) is 0 Å². The van der Waals surface area contributed by atoms with E-state index in [2.05, 4.69) is 41.6 Å². The largest absolute Gasteiger partial charge is 0.385 e. The van der Waals surface area contributed by atoms with Crippen LogP contribution in [0.15, 0.2) is 41.1 Å². The fourth-order valence-corrected chi connectivity index (χ4v) is 4.34. The summed E-state index contributed by atoms with van der Waals surface area (Å²) in [5.74, 6) is -0.599. The molecule has 2 aliphatic rings. The molecule has 31 heavy (non-hydrogen) atoms. The average molecular weight is 429 g/mol. The van der Waals surface area contributed by atoms with E-state index in [1.807, 2.05) is 6.92 Å². The van der Waals surface area contributed by atoms with Gasteiger partial charge in [-0.05, 0) is 61.3 Å². The zero-order valence-corrected chi connectivity index (χ0v) is 18.8. The number of hydrogen-bond acceptors (Lipinski definition) is 4. The maximum absolute atomic E-state index is 13.6. The first-order valence-corrected chi connectivity index (χ1v) is 11.1. The summed E-state index contributed by atoms with van der Waals surface area (Å²) >= 11 is 0. The number of halogens is 1. The minimum atomic E-state index is -0.323. The Morgan fingerprint density at radius 1 is 1.32 bits per heavy atom. The van der Waals surface area contributed by atoms with Crippen molar-refractivity contribution >= 4 is 17.5 Å². The van der Waals surface area contributed by atoms with E-state index in [0.29, 0.717) is 30.8 Å². The number of carbonyl (C=O) groups is 2. The quantitative estimate of drug-likeness (QED) is 0.584. The highest BCUT2D eigenvalue weighted by molar-refractivity contribution is 6.07. The predicted octanol–water partition coefficient (Wildman–Crippen LogP) is 2.83. The molecule has 2 heterocycles. The summed E-state index contributed by atoms with van der Waals surface area (Å²) in [6.45, 7) is 12.2. The number of carbonyl (C=O) groups excluding carboxylic acids is 2. The molecule has 3 rings (SSSR count). The molecule has 168 valence electrons. The highest BCUT2D eigenvalue weighted by atomic mass is 19.1. The maximum atomic E-state index is 13.6. The van der Waals surface area contributed by atoms with Crippen LogP contribution in [0, 0.1) is 17.7 Å². The number of likely N-dealkylation sites (N-methyl/N-ethyl adjacent to an activating group) is 1. The summed E-state index contributed by atoms with van der Waals surface area (Å²) < 4.78 is 13.6. The molecule has 0 aliphatic carbocycles. The molecule has 3 N–H and O–H groups in total. The molecule has 2 aliphatic heterocycles. The SMILES string of the molecule is CCN(CC)CCNC(=O)C1C(C)=C(/C=C2/Cc3cc(F)ccc3NC2=O)NCC1C. The number of nitrogens with zero attached hydrogens (tertiary/aromatic N) is 1. The topological polar surface area (TPSA) is 73.5 Å². The van der Waals surface area contributed by atoms with Gasteiger partial charge in [-0.3, -0.25) is 9.59 Å². The van der Waals surface area contributed by atoms with Gasteiger partial charge in [-0.2, -0.15) is 0 Å².